The first kappa shape index (κ1) is 14.4. The van der Waals surface area contributed by atoms with Crippen molar-refractivity contribution in [3.63, 3.8) is 0 Å². The quantitative estimate of drug-likeness (QED) is 0.792. The molecule has 0 radical (unpaired) electrons. The van der Waals surface area contributed by atoms with Crippen molar-refractivity contribution in [2.24, 2.45) is 5.41 Å². The van der Waals surface area contributed by atoms with Crippen LogP contribution in [0.4, 0.5) is 0 Å². The standard InChI is InChI=1S/C13H17NO3S2/c15-10(8-19-11-4-3-7-18-11)14-9-13(12(16)17)5-1-2-6-13/h3-4,7H,1-2,5-6,8-9H2,(H,14,15)(H,16,17). The van der Waals surface area contributed by atoms with Crippen LogP contribution in [0.15, 0.2) is 21.7 Å². The summed E-state index contributed by atoms with van der Waals surface area (Å²) in [6.07, 6.45) is 3.21. The number of thiophene rings is 1. The molecule has 6 heteroatoms. The van der Waals surface area contributed by atoms with Gasteiger partial charge in [0.25, 0.3) is 0 Å². The molecule has 104 valence electrons. The molecule has 1 fully saturated rings. The minimum atomic E-state index is -0.781. The first-order chi connectivity index (χ1) is 9.12. The number of hydrogen-bond acceptors (Lipinski definition) is 4. The molecule has 0 bridgehead atoms. The van der Waals surface area contributed by atoms with E-state index in [4.69, 9.17) is 0 Å². The fourth-order valence-corrected chi connectivity index (χ4v) is 3.93. The van der Waals surface area contributed by atoms with Crippen LogP contribution in [0.1, 0.15) is 25.7 Å². The van der Waals surface area contributed by atoms with E-state index < -0.39 is 11.4 Å². The third-order valence-electron chi connectivity index (χ3n) is 3.48. The van der Waals surface area contributed by atoms with Gasteiger partial charge in [0.2, 0.25) is 5.91 Å². The summed E-state index contributed by atoms with van der Waals surface area (Å²) < 4.78 is 1.10. The van der Waals surface area contributed by atoms with Gasteiger partial charge in [-0.15, -0.1) is 23.1 Å². The van der Waals surface area contributed by atoms with Crippen molar-refractivity contribution in [3.8, 4) is 0 Å². The molecule has 1 heterocycles. The molecule has 0 unspecified atom stereocenters. The average molecular weight is 299 g/mol. The van der Waals surface area contributed by atoms with Gasteiger partial charge in [0.1, 0.15) is 0 Å². The van der Waals surface area contributed by atoms with Crippen molar-refractivity contribution < 1.29 is 14.7 Å². The Morgan fingerprint density at radius 1 is 1.42 bits per heavy atom. The molecule has 1 aliphatic rings. The smallest absolute Gasteiger partial charge is 0.311 e. The summed E-state index contributed by atoms with van der Waals surface area (Å²) in [6, 6.07) is 3.92. The second-order valence-electron chi connectivity index (χ2n) is 4.79. The fraction of sp³-hybridized carbons (Fsp3) is 0.538. The van der Waals surface area contributed by atoms with Crippen LogP contribution in [0, 0.1) is 5.41 Å². The molecule has 0 aliphatic heterocycles. The van der Waals surface area contributed by atoms with Crippen LogP contribution >= 0.6 is 23.1 Å². The van der Waals surface area contributed by atoms with E-state index in [0.717, 1.165) is 17.1 Å². The number of amides is 1. The van der Waals surface area contributed by atoms with Crippen molar-refractivity contribution in [2.75, 3.05) is 12.3 Å². The van der Waals surface area contributed by atoms with E-state index in [1.165, 1.54) is 11.8 Å². The van der Waals surface area contributed by atoms with E-state index in [0.29, 0.717) is 18.6 Å². The normalized spacial score (nSPS) is 17.3. The molecule has 1 aliphatic carbocycles. The van der Waals surface area contributed by atoms with Gasteiger partial charge >= 0.3 is 5.97 Å². The fourth-order valence-electron chi connectivity index (χ4n) is 2.32. The summed E-state index contributed by atoms with van der Waals surface area (Å²) in [4.78, 5) is 23.1. The Morgan fingerprint density at radius 2 is 2.16 bits per heavy atom. The molecule has 0 aromatic carbocycles. The predicted octanol–water partition coefficient (Wildman–Crippen LogP) is 2.60. The van der Waals surface area contributed by atoms with Crippen molar-refractivity contribution in [2.45, 2.75) is 29.9 Å². The summed E-state index contributed by atoms with van der Waals surface area (Å²) in [5.41, 5.74) is -0.733. The predicted molar refractivity (Wildman–Crippen MR) is 76.6 cm³/mol. The Morgan fingerprint density at radius 3 is 2.74 bits per heavy atom. The monoisotopic (exact) mass is 299 g/mol. The Bertz CT molecular complexity index is 439. The van der Waals surface area contributed by atoms with Crippen LogP contribution in [0.5, 0.6) is 0 Å². The molecule has 1 saturated carbocycles. The van der Waals surface area contributed by atoms with Gasteiger partial charge in [-0.3, -0.25) is 9.59 Å². The first-order valence-electron chi connectivity index (χ1n) is 6.29. The van der Waals surface area contributed by atoms with E-state index in [2.05, 4.69) is 5.32 Å². The van der Waals surface area contributed by atoms with Crippen LogP contribution in [0.3, 0.4) is 0 Å². The number of aliphatic carboxylic acids is 1. The average Bonchev–Trinajstić information content (AvgIpc) is 3.05. The molecule has 1 aromatic rings. The van der Waals surface area contributed by atoms with Crippen molar-refractivity contribution in [1.82, 2.24) is 5.32 Å². The Labute approximate surface area is 120 Å². The lowest BCUT2D eigenvalue weighted by Crippen LogP contribution is -2.41. The van der Waals surface area contributed by atoms with Gasteiger partial charge in [-0.2, -0.15) is 0 Å². The highest BCUT2D eigenvalue weighted by atomic mass is 32.2. The van der Waals surface area contributed by atoms with Crippen LogP contribution < -0.4 is 5.32 Å². The SMILES string of the molecule is O=C(CSc1cccs1)NCC1(C(=O)O)CCCC1. The highest BCUT2D eigenvalue weighted by Crippen LogP contribution is 2.37. The molecular weight excluding hydrogens is 282 g/mol. The number of carboxylic acid groups (broad SMARTS) is 1. The molecule has 4 nitrogen and oxygen atoms in total. The van der Waals surface area contributed by atoms with E-state index in [1.807, 2.05) is 17.5 Å². The summed E-state index contributed by atoms with van der Waals surface area (Å²) in [7, 11) is 0. The number of carbonyl (C=O) groups excluding carboxylic acids is 1. The lowest BCUT2D eigenvalue weighted by atomic mass is 9.86. The Balaban J connectivity index is 1.77. The maximum atomic E-state index is 11.7. The molecule has 1 amide bonds. The number of thioether (sulfide) groups is 1. The van der Waals surface area contributed by atoms with E-state index in [1.54, 1.807) is 11.3 Å². The van der Waals surface area contributed by atoms with Gasteiger partial charge in [-0.25, -0.2) is 0 Å². The number of nitrogens with one attached hydrogen (secondary N) is 1. The third kappa shape index (κ3) is 3.73. The number of hydrogen-bond donors (Lipinski definition) is 2. The summed E-state index contributed by atoms with van der Waals surface area (Å²) in [5.74, 6) is -0.530. The number of rotatable bonds is 6. The zero-order valence-corrected chi connectivity index (χ0v) is 12.2. The topological polar surface area (TPSA) is 66.4 Å². The van der Waals surface area contributed by atoms with Crippen LogP contribution in [0.25, 0.3) is 0 Å². The van der Waals surface area contributed by atoms with Crippen LogP contribution in [-0.4, -0.2) is 29.3 Å². The maximum Gasteiger partial charge on any atom is 0.311 e. The van der Waals surface area contributed by atoms with Crippen LogP contribution in [-0.2, 0) is 9.59 Å². The van der Waals surface area contributed by atoms with Gasteiger partial charge in [-0.1, -0.05) is 18.9 Å². The van der Waals surface area contributed by atoms with Gasteiger partial charge in [0.05, 0.1) is 15.4 Å². The summed E-state index contributed by atoms with van der Waals surface area (Å²) >= 11 is 3.09. The zero-order chi connectivity index (χ0) is 13.7. The molecule has 19 heavy (non-hydrogen) atoms. The largest absolute Gasteiger partial charge is 0.481 e. The highest BCUT2D eigenvalue weighted by molar-refractivity contribution is 8.01. The Hall–Kier alpha value is -1.01. The first-order valence-corrected chi connectivity index (χ1v) is 8.15. The second kappa shape index (κ2) is 6.43. The molecule has 0 spiro atoms. The lowest BCUT2D eigenvalue weighted by molar-refractivity contribution is -0.148. The summed E-state index contributed by atoms with van der Waals surface area (Å²) in [5, 5.41) is 14.0. The molecule has 0 saturated heterocycles. The number of carbonyl (C=O) groups is 2. The lowest BCUT2D eigenvalue weighted by Gasteiger charge is -2.23. The van der Waals surface area contributed by atoms with E-state index in [9.17, 15) is 14.7 Å². The van der Waals surface area contributed by atoms with Gasteiger partial charge in [-0.05, 0) is 24.3 Å². The third-order valence-corrected chi connectivity index (χ3v) is 5.61. The minimum Gasteiger partial charge on any atom is -0.481 e. The molecular formula is C13H17NO3S2. The minimum absolute atomic E-state index is 0.0917. The summed E-state index contributed by atoms with van der Waals surface area (Å²) in [6.45, 7) is 0.256. The van der Waals surface area contributed by atoms with Crippen molar-refractivity contribution in [3.05, 3.63) is 17.5 Å². The molecule has 2 rings (SSSR count). The molecule has 0 atom stereocenters. The maximum absolute atomic E-state index is 11.7. The van der Waals surface area contributed by atoms with Gasteiger partial charge in [0, 0.05) is 6.54 Å². The zero-order valence-electron chi connectivity index (χ0n) is 10.6. The van der Waals surface area contributed by atoms with Gasteiger partial charge in [0.15, 0.2) is 0 Å². The van der Waals surface area contributed by atoms with Crippen LogP contribution in [0.2, 0.25) is 0 Å². The van der Waals surface area contributed by atoms with Gasteiger partial charge < -0.3 is 10.4 Å². The Kier molecular flexibility index (Phi) is 4.87. The second-order valence-corrected chi connectivity index (χ2v) is 7.01. The van der Waals surface area contributed by atoms with E-state index in [-0.39, 0.29) is 12.5 Å². The molecule has 1 aromatic heterocycles. The number of carboxylic acids is 1. The highest BCUT2D eigenvalue weighted by Gasteiger charge is 2.41. The van der Waals surface area contributed by atoms with Crippen molar-refractivity contribution >= 4 is 35.0 Å². The van der Waals surface area contributed by atoms with Crippen molar-refractivity contribution in [1.29, 1.82) is 0 Å². The van der Waals surface area contributed by atoms with E-state index >= 15 is 0 Å². The molecule has 2 N–H and O–H groups in total.